The van der Waals surface area contributed by atoms with Gasteiger partial charge in [-0.3, -0.25) is 0 Å². The van der Waals surface area contributed by atoms with Crippen LogP contribution in [0.2, 0.25) is 0 Å². The summed E-state index contributed by atoms with van der Waals surface area (Å²) in [6, 6.07) is 0. The third kappa shape index (κ3) is 4.20. The van der Waals surface area contributed by atoms with Gasteiger partial charge in [-0.1, -0.05) is 6.92 Å². The lowest BCUT2D eigenvalue weighted by Crippen LogP contribution is -2.18. The van der Waals surface area contributed by atoms with Crippen molar-refractivity contribution in [2.45, 2.75) is 19.8 Å². The summed E-state index contributed by atoms with van der Waals surface area (Å²) in [7, 11) is -4.72. The van der Waals surface area contributed by atoms with Gasteiger partial charge in [0.15, 0.2) is 0 Å². The Hall–Kier alpha value is -0.660. The van der Waals surface area contributed by atoms with Gasteiger partial charge >= 0.3 is 0 Å². The Morgan fingerprint density at radius 3 is 1.77 bits per heavy atom. The van der Waals surface area contributed by atoms with Crippen LogP contribution in [-0.2, 0) is 20.6 Å². The van der Waals surface area contributed by atoms with Crippen LogP contribution in [0, 0.1) is 0 Å². The second-order valence-corrected chi connectivity index (χ2v) is 4.37. The van der Waals surface area contributed by atoms with E-state index in [9.17, 15) is 16.8 Å². The van der Waals surface area contributed by atoms with E-state index in [1.807, 2.05) is 0 Å². The van der Waals surface area contributed by atoms with Crippen LogP contribution in [0.15, 0.2) is 0 Å². The van der Waals surface area contributed by atoms with Crippen molar-refractivity contribution in [2.75, 3.05) is 6.54 Å². The molecule has 7 heteroatoms. The molecular weight excluding hydrogens is 214 g/mol. The molecule has 0 atom stereocenters. The van der Waals surface area contributed by atoms with E-state index in [4.69, 9.17) is 5.73 Å². The Kier molecular flexibility index (Phi) is 5.60. The second-order valence-electron chi connectivity index (χ2n) is 2.28. The highest BCUT2D eigenvalue weighted by Gasteiger charge is 2.05. The molecule has 0 unspecified atom stereocenters. The minimum Gasteiger partial charge on any atom is -0.326 e. The maximum absolute atomic E-state index is 10.5. The zero-order valence-electron chi connectivity index (χ0n) is 7.15. The summed E-state index contributed by atoms with van der Waals surface area (Å²) in [6.07, 6.45) is 0.218. The van der Waals surface area contributed by atoms with Crippen molar-refractivity contribution < 1.29 is 16.8 Å². The smallest absolute Gasteiger partial charge is 0.214 e. The molecule has 0 heterocycles. The Morgan fingerprint density at radius 2 is 1.54 bits per heavy atom. The number of rotatable bonds is 4. The number of nitrogens with two attached hydrogens (primary N) is 1. The maximum atomic E-state index is 10.5. The minimum atomic E-state index is -2.39. The van der Waals surface area contributed by atoms with Gasteiger partial charge in [0, 0.05) is 13.0 Å². The summed E-state index contributed by atoms with van der Waals surface area (Å²) in [6.45, 7) is 1.50. The van der Waals surface area contributed by atoms with E-state index in [2.05, 4.69) is 0 Å². The molecule has 0 rings (SSSR count). The molecule has 0 radical (unpaired) electrons. The first-order valence-corrected chi connectivity index (χ1v) is 5.75. The van der Waals surface area contributed by atoms with E-state index in [-0.39, 0.29) is 22.7 Å². The van der Waals surface area contributed by atoms with Crippen molar-refractivity contribution in [1.82, 2.24) is 0 Å². The molecule has 2 N–H and O–H groups in total. The van der Waals surface area contributed by atoms with Crippen molar-refractivity contribution in [2.24, 2.45) is 5.73 Å². The predicted molar refractivity (Wildman–Crippen MR) is 51.8 cm³/mol. The highest BCUT2D eigenvalue weighted by molar-refractivity contribution is 7.74. The molecular formula is C6H11NO4S2. The summed E-state index contributed by atoms with van der Waals surface area (Å²) in [5.41, 5.74) is 5.13. The fourth-order valence-electron chi connectivity index (χ4n) is 0.721. The van der Waals surface area contributed by atoms with Crippen LogP contribution in [0.1, 0.15) is 19.8 Å². The topological polar surface area (TPSA) is 94.3 Å². The van der Waals surface area contributed by atoms with E-state index in [1.54, 1.807) is 6.92 Å². The fourth-order valence-corrected chi connectivity index (χ4v) is 1.77. The zero-order chi connectivity index (χ0) is 10.4. The molecule has 0 bridgehead atoms. The molecule has 0 aromatic heterocycles. The van der Waals surface area contributed by atoms with E-state index in [1.165, 1.54) is 0 Å². The van der Waals surface area contributed by atoms with Crippen molar-refractivity contribution in [3.8, 4) is 0 Å². The number of hydrogen-bond acceptors (Lipinski definition) is 5. The molecule has 0 aliphatic rings. The first kappa shape index (κ1) is 12.3. The molecule has 0 saturated carbocycles. The largest absolute Gasteiger partial charge is 0.326 e. The van der Waals surface area contributed by atoms with E-state index >= 15 is 0 Å². The molecule has 0 aliphatic heterocycles. The lowest BCUT2D eigenvalue weighted by Gasteiger charge is -1.97. The van der Waals surface area contributed by atoms with Gasteiger partial charge < -0.3 is 5.73 Å². The fraction of sp³-hybridized carbons (Fsp3) is 0.667. The molecule has 76 valence electrons. The van der Waals surface area contributed by atoms with Gasteiger partial charge in [0.25, 0.3) is 0 Å². The SMILES string of the molecule is CCC(CC(CN)=S(=O)=O)=S(=O)=O. The first-order chi connectivity index (χ1) is 6.02. The van der Waals surface area contributed by atoms with Gasteiger partial charge in [-0.05, 0) is 6.42 Å². The monoisotopic (exact) mass is 225 g/mol. The van der Waals surface area contributed by atoms with E-state index in [0.717, 1.165) is 0 Å². The molecule has 0 aromatic carbocycles. The van der Waals surface area contributed by atoms with Gasteiger partial charge in [0.1, 0.15) is 0 Å². The molecule has 0 fully saturated rings. The highest BCUT2D eigenvalue weighted by atomic mass is 32.2. The normalized spacial score (nSPS) is 9.38. The zero-order valence-corrected chi connectivity index (χ0v) is 8.78. The standard InChI is InChI=1S/C6H11NO4S2/c1-2-5(12(8)9)3-6(4-7)13(10)11/h2-4,7H2,1H3. The lowest BCUT2D eigenvalue weighted by molar-refractivity contribution is 0.625. The van der Waals surface area contributed by atoms with Crippen molar-refractivity contribution >= 4 is 30.3 Å². The Balaban J connectivity index is 5.03. The lowest BCUT2D eigenvalue weighted by atomic mass is 10.2. The van der Waals surface area contributed by atoms with E-state index in [0.29, 0.717) is 6.42 Å². The van der Waals surface area contributed by atoms with Crippen molar-refractivity contribution in [3.05, 3.63) is 0 Å². The second kappa shape index (κ2) is 5.90. The maximum Gasteiger partial charge on any atom is 0.214 e. The highest BCUT2D eigenvalue weighted by Crippen LogP contribution is 1.92. The molecule has 0 saturated heterocycles. The average Bonchev–Trinajstić information content (AvgIpc) is 2.05. The summed E-state index contributed by atoms with van der Waals surface area (Å²) in [5.74, 6) is 0. The first-order valence-electron chi connectivity index (χ1n) is 3.60. The molecule has 0 spiro atoms. The van der Waals surface area contributed by atoms with Gasteiger partial charge in [-0.25, -0.2) is 0 Å². The van der Waals surface area contributed by atoms with Crippen LogP contribution >= 0.6 is 0 Å². The summed E-state index contributed by atoms with van der Waals surface area (Å²) >= 11 is 0. The third-order valence-corrected chi connectivity index (χ3v) is 3.17. The van der Waals surface area contributed by atoms with Gasteiger partial charge in [0.05, 0.1) is 9.73 Å². The van der Waals surface area contributed by atoms with Crippen LogP contribution in [-0.4, -0.2) is 33.1 Å². The van der Waals surface area contributed by atoms with Crippen LogP contribution in [0.4, 0.5) is 0 Å². The van der Waals surface area contributed by atoms with Crippen LogP contribution in [0.3, 0.4) is 0 Å². The third-order valence-electron chi connectivity index (χ3n) is 1.49. The quantitative estimate of drug-likeness (QED) is 0.609. The molecule has 13 heavy (non-hydrogen) atoms. The van der Waals surface area contributed by atoms with Crippen molar-refractivity contribution in [1.29, 1.82) is 0 Å². The Morgan fingerprint density at radius 1 is 1.08 bits per heavy atom. The van der Waals surface area contributed by atoms with Crippen LogP contribution in [0.5, 0.6) is 0 Å². The summed E-state index contributed by atoms with van der Waals surface area (Å²) in [4.78, 5) is 0.172. The predicted octanol–water partition coefficient (Wildman–Crippen LogP) is -1.15. The molecule has 5 nitrogen and oxygen atoms in total. The average molecular weight is 225 g/mol. The van der Waals surface area contributed by atoms with Crippen LogP contribution in [0.25, 0.3) is 0 Å². The Bertz CT molecular complexity index is 371. The van der Waals surface area contributed by atoms with Crippen LogP contribution < -0.4 is 5.73 Å². The van der Waals surface area contributed by atoms with Crippen molar-refractivity contribution in [3.63, 3.8) is 0 Å². The summed E-state index contributed by atoms with van der Waals surface area (Å²) in [5, 5.41) is 0. The molecule has 0 aliphatic carbocycles. The summed E-state index contributed by atoms with van der Waals surface area (Å²) < 4.78 is 42.0. The number of hydrogen-bond donors (Lipinski definition) is 1. The van der Waals surface area contributed by atoms with Gasteiger partial charge in [-0.15, -0.1) is 0 Å². The van der Waals surface area contributed by atoms with Gasteiger partial charge in [0.2, 0.25) is 20.6 Å². The molecule has 0 aromatic rings. The van der Waals surface area contributed by atoms with Gasteiger partial charge in [-0.2, -0.15) is 16.8 Å². The minimum absolute atomic E-state index is 0.0149. The van der Waals surface area contributed by atoms with E-state index < -0.39 is 20.6 Å². The molecule has 0 amide bonds. The Labute approximate surface area is 79.6 Å².